The van der Waals surface area contributed by atoms with Gasteiger partial charge in [0.2, 0.25) is 0 Å². The molecule has 1 aliphatic rings. The molecule has 0 aromatic carbocycles. The molecule has 2 heterocycles. The lowest BCUT2D eigenvalue weighted by Crippen LogP contribution is -2.35. The first-order valence-corrected chi connectivity index (χ1v) is 7.05. The van der Waals surface area contributed by atoms with Gasteiger partial charge >= 0.3 is 0 Å². The Kier molecular flexibility index (Phi) is 5.27. The van der Waals surface area contributed by atoms with Crippen molar-refractivity contribution in [3.8, 4) is 0 Å². The Hall–Kier alpha value is -1.49. The summed E-state index contributed by atoms with van der Waals surface area (Å²) in [4.78, 5) is 22.0. The fraction of sp³-hybridized carbons (Fsp3) is 0.643. The van der Waals surface area contributed by atoms with Gasteiger partial charge in [-0.1, -0.05) is 6.92 Å². The van der Waals surface area contributed by atoms with Crippen LogP contribution < -0.4 is 5.32 Å². The summed E-state index contributed by atoms with van der Waals surface area (Å²) in [7, 11) is 0. The molecule has 5 heteroatoms. The summed E-state index contributed by atoms with van der Waals surface area (Å²) in [5.41, 5.74) is 0.531. The van der Waals surface area contributed by atoms with Crippen molar-refractivity contribution in [1.29, 1.82) is 0 Å². The van der Waals surface area contributed by atoms with E-state index in [9.17, 15) is 4.79 Å². The van der Waals surface area contributed by atoms with Gasteiger partial charge in [0, 0.05) is 18.9 Å². The maximum atomic E-state index is 11.8. The molecule has 0 atom stereocenters. The van der Waals surface area contributed by atoms with E-state index in [-0.39, 0.29) is 5.91 Å². The summed E-state index contributed by atoms with van der Waals surface area (Å²) >= 11 is 0. The van der Waals surface area contributed by atoms with Crippen molar-refractivity contribution in [3.05, 3.63) is 24.3 Å². The van der Waals surface area contributed by atoms with E-state index in [2.05, 4.69) is 27.1 Å². The molecule has 0 spiro atoms. The highest BCUT2D eigenvalue weighted by atomic mass is 16.1. The topological polar surface area (TPSA) is 58.1 Å². The summed E-state index contributed by atoms with van der Waals surface area (Å²) in [5, 5.41) is 2.94. The number of aromatic nitrogens is 2. The third kappa shape index (κ3) is 4.28. The summed E-state index contributed by atoms with van der Waals surface area (Å²) < 4.78 is 0. The van der Waals surface area contributed by atoms with Crippen LogP contribution in [0.15, 0.2) is 18.7 Å². The Morgan fingerprint density at radius 3 is 2.68 bits per heavy atom. The number of carbonyl (C=O) groups excluding carboxylic acids is 1. The quantitative estimate of drug-likeness (QED) is 0.869. The highest BCUT2D eigenvalue weighted by molar-refractivity contribution is 5.93. The van der Waals surface area contributed by atoms with Gasteiger partial charge in [-0.25, -0.2) is 9.97 Å². The fourth-order valence-corrected chi connectivity index (χ4v) is 2.50. The fourth-order valence-electron chi connectivity index (χ4n) is 2.50. The SMILES string of the molecule is CCN1CCC(CCNC(=O)c2cncnc2)CC1. The van der Waals surface area contributed by atoms with Crippen LogP contribution in [0.5, 0.6) is 0 Å². The van der Waals surface area contributed by atoms with E-state index in [1.165, 1.54) is 32.3 Å². The molecule has 1 aromatic rings. The van der Waals surface area contributed by atoms with Crippen molar-refractivity contribution < 1.29 is 4.79 Å². The number of nitrogens with one attached hydrogen (secondary N) is 1. The first-order valence-electron chi connectivity index (χ1n) is 7.05. The van der Waals surface area contributed by atoms with Crippen LogP contribution in [0.25, 0.3) is 0 Å². The molecule has 0 unspecified atom stereocenters. The predicted molar refractivity (Wildman–Crippen MR) is 73.8 cm³/mol. The van der Waals surface area contributed by atoms with E-state index in [0.717, 1.165) is 25.4 Å². The maximum absolute atomic E-state index is 11.8. The second kappa shape index (κ2) is 7.19. The molecule has 0 radical (unpaired) electrons. The Morgan fingerprint density at radius 1 is 1.37 bits per heavy atom. The van der Waals surface area contributed by atoms with Gasteiger partial charge in [-0.15, -0.1) is 0 Å². The standard InChI is InChI=1S/C14H22N4O/c1-2-18-7-4-12(5-8-18)3-6-17-14(19)13-9-15-11-16-10-13/h9-12H,2-8H2,1H3,(H,17,19). The molecular formula is C14H22N4O. The number of hydrogen-bond acceptors (Lipinski definition) is 4. The van der Waals surface area contributed by atoms with Crippen LogP contribution in [0.3, 0.4) is 0 Å². The number of likely N-dealkylation sites (tertiary alicyclic amines) is 1. The smallest absolute Gasteiger partial charge is 0.254 e. The molecule has 2 rings (SSSR count). The lowest BCUT2D eigenvalue weighted by molar-refractivity contribution is 0.0947. The molecule has 19 heavy (non-hydrogen) atoms. The molecule has 0 aliphatic carbocycles. The van der Waals surface area contributed by atoms with Crippen LogP contribution in [-0.2, 0) is 0 Å². The number of piperidine rings is 1. The zero-order valence-corrected chi connectivity index (χ0v) is 11.5. The summed E-state index contributed by atoms with van der Waals surface area (Å²) in [5.74, 6) is 0.668. The Bertz CT molecular complexity index is 388. The zero-order valence-electron chi connectivity index (χ0n) is 11.5. The summed E-state index contributed by atoms with van der Waals surface area (Å²) in [6.45, 7) is 6.49. The van der Waals surface area contributed by atoms with E-state index in [4.69, 9.17) is 0 Å². The van der Waals surface area contributed by atoms with Gasteiger partial charge in [0.25, 0.3) is 5.91 Å². The van der Waals surface area contributed by atoms with Crippen molar-refractivity contribution in [3.63, 3.8) is 0 Å². The minimum Gasteiger partial charge on any atom is -0.352 e. The van der Waals surface area contributed by atoms with Crippen LogP contribution >= 0.6 is 0 Å². The monoisotopic (exact) mass is 262 g/mol. The van der Waals surface area contributed by atoms with Crippen molar-refractivity contribution in [2.24, 2.45) is 5.92 Å². The third-order valence-electron chi connectivity index (χ3n) is 3.82. The van der Waals surface area contributed by atoms with Crippen LogP contribution in [0.4, 0.5) is 0 Å². The number of nitrogens with zero attached hydrogens (tertiary/aromatic N) is 3. The second-order valence-electron chi connectivity index (χ2n) is 5.05. The lowest BCUT2D eigenvalue weighted by atomic mass is 9.93. The number of rotatable bonds is 5. The van der Waals surface area contributed by atoms with Crippen LogP contribution in [0.1, 0.15) is 36.5 Å². The minimum atomic E-state index is -0.0772. The van der Waals surface area contributed by atoms with Gasteiger partial charge in [-0.05, 0) is 44.8 Å². The predicted octanol–water partition coefficient (Wildman–Crippen LogP) is 1.33. The van der Waals surface area contributed by atoms with E-state index >= 15 is 0 Å². The second-order valence-corrected chi connectivity index (χ2v) is 5.05. The molecule has 1 N–H and O–H groups in total. The molecule has 1 fully saturated rings. The van der Waals surface area contributed by atoms with E-state index in [1.807, 2.05) is 0 Å². The van der Waals surface area contributed by atoms with Crippen LogP contribution in [-0.4, -0.2) is 47.0 Å². The summed E-state index contributed by atoms with van der Waals surface area (Å²) in [6, 6.07) is 0. The maximum Gasteiger partial charge on any atom is 0.254 e. The molecule has 1 aliphatic heterocycles. The van der Waals surface area contributed by atoms with E-state index < -0.39 is 0 Å². The average molecular weight is 262 g/mol. The van der Waals surface area contributed by atoms with E-state index in [1.54, 1.807) is 12.4 Å². The van der Waals surface area contributed by atoms with Gasteiger partial charge in [0.15, 0.2) is 0 Å². The Balaban J connectivity index is 1.66. The normalized spacial score (nSPS) is 17.3. The largest absolute Gasteiger partial charge is 0.352 e. The van der Waals surface area contributed by atoms with Crippen LogP contribution in [0, 0.1) is 5.92 Å². The number of hydrogen-bond donors (Lipinski definition) is 1. The molecule has 1 saturated heterocycles. The van der Waals surface area contributed by atoms with Gasteiger partial charge in [-0.2, -0.15) is 0 Å². The first kappa shape index (κ1) is 13.9. The van der Waals surface area contributed by atoms with Crippen molar-refractivity contribution >= 4 is 5.91 Å². The molecule has 1 amide bonds. The minimum absolute atomic E-state index is 0.0772. The van der Waals surface area contributed by atoms with Gasteiger partial charge in [0.1, 0.15) is 6.33 Å². The lowest BCUT2D eigenvalue weighted by Gasteiger charge is -2.30. The average Bonchev–Trinajstić information content (AvgIpc) is 2.49. The van der Waals surface area contributed by atoms with Crippen molar-refractivity contribution in [1.82, 2.24) is 20.2 Å². The molecule has 1 aromatic heterocycles. The summed E-state index contributed by atoms with van der Waals surface area (Å²) in [6.07, 6.45) is 8.08. The number of carbonyl (C=O) groups is 1. The zero-order chi connectivity index (χ0) is 13.5. The third-order valence-corrected chi connectivity index (χ3v) is 3.82. The molecule has 104 valence electrons. The molecular weight excluding hydrogens is 240 g/mol. The highest BCUT2D eigenvalue weighted by Crippen LogP contribution is 2.19. The van der Waals surface area contributed by atoms with Crippen molar-refractivity contribution in [2.75, 3.05) is 26.2 Å². The molecule has 5 nitrogen and oxygen atoms in total. The van der Waals surface area contributed by atoms with Crippen molar-refractivity contribution in [2.45, 2.75) is 26.2 Å². The van der Waals surface area contributed by atoms with E-state index in [0.29, 0.717) is 5.56 Å². The number of amides is 1. The Morgan fingerprint density at radius 2 is 2.05 bits per heavy atom. The molecule has 0 saturated carbocycles. The molecule has 0 bridgehead atoms. The Labute approximate surface area is 114 Å². The van der Waals surface area contributed by atoms with Gasteiger partial charge < -0.3 is 10.2 Å². The van der Waals surface area contributed by atoms with Gasteiger partial charge in [-0.3, -0.25) is 4.79 Å². The highest BCUT2D eigenvalue weighted by Gasteiger charge is 2.17. The first-order chi connectivity index (χ1) is 9.29. The van der Waals surface area contributed by atoms with Gasteiger partial charge in [0.05, 0.1) is 5.56 Å². The van der Waals surface area contributed by atoms with Crippen LogP contribution in [0.2, 0.25) is 0 Å².